The average Bonchev–Trinajstić information content (AvgIpc) is 2.76. The summed E-state index contributed by atoms with van der Waals surface area (Å²) in [6.07, 6.45) is 2.10. The van der Waals surface area contributed by atoms with Gasteiger partial charge in [-0.15, -0.1) is 0 Å². The Labute approximate surface area is 186 Å². The number of rotatable bonds is 6. The monoisotopic (exact) mass is 433 g/mol. The summed E-state index contributed by atoms with van der Waals surface area (Å²) in [7, 11) is 2.16. The van der Waals surface area contributed by atoms with Gasteiger partial charge in [-0.3, -0.25) is 0 Å². The first-order valence-corrected chi connectivity index (χ1v) is 10.1. The van der Waals surface area contributed by atoms with Crippen LogP contribution >= 0.6 is 9.90 Å². The number of piperazine rings is 1. The molecule has 31 heavy (non-hydrogen) atoms. The molecular weight excluding hydrogens is 405 g/mol. The molecule has 1 aliphatic rings. The summed E-state index contributed by atoms with van der Waals surface area (Å²) >= 11 is 0. The molecule has 2 N–H and O–H groups in total. The lowest BCUT2D eigenvalue weighted by Gasteiger charge is -2.34. The number of hydrogen-bond donors (Lipinski definition) is 2. The molecule has 3 aromatic rings. The van der Waals surface area contributed by atoms with Crippen molar-refractivity contribution < 1.29 is 0 Å². The van der Waals surface area contributed by atoms with E-state index < -0.39 is 0 Å². The van der Waals surface area contributed by atoms with E-state index in [1.54, 1.807) is 6.20 Å². The van der Waals surface area contributed by atoms with Crippen molar-refractivity contribution in [2.24, 2.45) is 0 Å². The Kier molecular flexibility index (Phi) is 7.77. The first-order valence-electron chi connectivity index (χ1n) is 10.1. The number of nitrogens with one attached hydrogen (secondary N) is 2. The summed E-state index contributed by atoms with van der Waals surface area (Å²) in [5.41, 5.74) is 4.04. The third-order valence-corrected chi connectivity index (χ3v) is 5.13. The molecular formula is C23H28N7P. The fourth-order valence-corrected chi connectivity index (χ4v) is 3.44. The summed E-state index contributed by atoms with van der Waals surface area (Å²) in [5, 5.41) is 15.4. The van der Waals surface area contributed by atoms with Gasteiger partial charge in [-0.2, -0.15) is 20.1 Å². The molecule has 2 heterocycles. The second kappa shape index (κ2) is 10.7. The zero-order valence-corrected chi connectivity index (χ0v) is 19.2. The summed E-state index contributed by atoms with van der Waals surface area (Å²) in [4.78, 5) is 13.6. The third-order valence-electron chi connectivity index (χ3n) is 5.13. The van der Waals surface area contributed by atoms with Crippen LogP contribution in [0.4, 0.5) is 28.8 Å². The van der Waals surface area contributed by atoms with Gasteiger partial charge in [-0.05, 0) is 55.1 Å². The molecule has 0 spiro atoms. The normalized spacial score (nSPS) is 13.7. The smallest absolute Gasteiger partial charge is 0.229 e. The van der Waals surface area contributed by atoms with Crippen LogP contribution in [0.2, 0.25) is 0 Å². The van der Waals surface area contributed by atoms with Gasteiger partial charge >= 0.3 is 0 Å². The topological polar surface area (TPSA) is 80.1 Å². The van der Waals surface area contributed by atoms with Crippen molar-refractivity contribution in [2.75, 3.05) is 48.8 Å². The predicted molar refractivity (Wildman–Crippen MR) is 132 cm³/mol. The van der Waals surface area contributed by atoms with Crippen LogP contribution in [0.5, 0.6) is 0 Å². The molecule has 4 rings (SSSR count). The first kappa shape index (κ1) is 22.5. The third kappa shape index (κ3) is 6.14. The Hall–Kier alpha value is -3.20. The number of nitriles is 1. The Morgan fingerprint density at radius 2 is 1.74 bits per heavy atom. The molecule has 1 fully saturated rings. The van der Waals surface area contributed by atoms with Crippen molar-refractivity contribution in [2.45, 2.75) is 6.42 Å². The molecule has 1 aliphatic heterocycles. The van der Waals surface area contributed by atoms with Crippen LogP contribution in [-0.2, 0) is 6.42 Å². The maximum Gasteiger partial charge on any atom is 0.229 e. The van der Waals surface area contributed by atoms with Gasteiger partial charge in [0.2, 0.25) is 5.95 Å². The Morgan fingerprint density at radius 1 is 0.968 bits per heavy atom. The largest absolute Gasteiger partial charge is 0.369 e. The van der Waals surface area contributed by atoms with E-state index in [4.69, 9.17) is 5.26 Å². The molecule has 0 radical (unpaired) electrons. The van der Waals surface area contributed by atoms with E-state index in [0.717, 1.165) is 43.1 Å². The fourth-order valence-electron chi connectivity index (χ4n) is 3.44. The number of hydrogen-bond acceptors (Lipinski definition) is 7. The Bertz CT molecular complexity index is 1020. The SMILES string of the molecule is CN1CCN(c2ccc(Nc3nccc(Nc4cccc(CC#N)c4)n3)cc2)CC1.P. The highest BCUT2D eigenvalue weighted by atomic mass is 31.0. The molecule has 1 aromatic heterocycles. The molecule has 1 atom stereocenters. The minimum atomic E-state index is 0. The predicted octanol–water partition coefficient (Wildman–Crippen LogP) is 3.84. The van der Waals surface area contributed by atoms with Crippen molar-refractivity contribution in [3.63, 3.8) is 0 Å². The Balaban J connectivity index is 0.00000272. The van der Waals surface area contributed by atoms with Crippen molar-refractivity contribution in [1.29, 1.82) is 5.26 Å². The van der Waals surface area contributed by atoms with Crippen LogP contribution in [0.15, 0.2) is 60.8 Å². The standard InChI is InChI=1S/C23H25N7.H3P/c1-29-13-15-30(16-14-29)21-7-5-19(6-8-21)27-23-25-12-10-22(28-23)26-20-4-2-3-18(17-20)9-11-24;/h2-8,10,12,17H,9,13-16H2,1H3,(H2,25,26,27,28);1H3. The lowest BCUT2D eigenvalue weighted by molar-refractivity contribution is 0.313. The zero-order chi connectivity index (χ0) is 20.8. The van der Waals surface area contributed by atoms with Gasteiger partial charge in [0.15, 0.2) is 0 Å². The molecule has 0 aliphatic carbocycles. The number of likely N-dealkylation sites (N-methyl/N-ethyl adjacent to an activating group) is 1. The highest BCUT2D eigenvalue weighted by Gasteiger charge is 2.14. The average molecular weight is 434 g/mol. The van der Waals surface area contributed by atoms with Crippen LogP contribution in [0.3, 0.4) is 0 Å². The zero-order valence-electron chi connectivity index (χ0n) is 17.8. The maximum absolute atomic E-state index is 8.87. The van der Waals surface area contributed by atoms with Gasteiger partial charge in [0.1, 0.15) is 5.82 Å². The van der Waals surface area contributed by atoms with E-state index in [-0.39, 0.29) is 9.90 Å². The highest BCUT2D eigenvalue weighted by molar-refractivity contribution is 6.92. The number of anilines is 5. The van der Waals surface area contributed by atoms with Gasteiger partial charge in [-0.25, -0.2) is 4.98 Å². The number of benzene rings is 2. The second-order valence-corrected chi connectivity index (χ2v) is 7.39. The van der Waals surface area contributed by atoms with Gasteiger partial charge < -0.3 is 20.4 Å². The van der Waals surface area contributed by atoms with Crippen molar-refractivity contribution >= 4 is 38.7 Å². The molecule has 2 aromatic carbocycles. The molecule has 160 valence electrons. The summed E-state index contributed by atoms with van der Waals surface area (Å²) in [6.45, 7) is 4.28. The van der Waals surface area contributed by atoms with Crippen molar-refractivity contribution in [1.82, 2.24) is 14.9 Å². The maximum atomic E-state index is 8.87. The van der Waals surface area contributed by atoms with E-state index >= 15 is 0 Å². The number of aromatic nitrogens is 2. The molecule has 8 heteroatoms. The first-order chi connectivity index (χ1) is 14.7. The van der Waals surface area contributed by atoms with Gasteiger partial charge in [0.25, 0.3) is 0 Å². The van der Waals surface area contributed by atoms with Crippen LogP contribution in [0, 0.1) is 11.3 Å². The minimum Gasteiger partial charge on any atom is -0.369 e. The van der Waals surface area contributed by atoms with Gasteiger partial charge in [-0.1, -0.05) is 12.1 Å². The van der Waals surface area contributed by atoms with E-state index in [9.17, 15) is 0 Å². The molecule has 1 saturated heterocycles. The molecule has 0 amide bonds. The lowest BCUT2D eigenvalue weighted by atomic mass is 10.1. The summed E-state index contributed by atoms with van der Waals surface area (Å²) in [5.74, 6) is 1.22. The minimum absolute atomic E-state index is 0. The fraction of sp³-hybridized carbons (Fsp3) is 0.261. The van der Waals surface area contributed by atoms with Crippen LogP contribution < -0.4 is 15.5 Å². The molecule has 0 bridgehead atoms. The molecule has 7 nitrogen and oxygen atoms in total. The quantitative estimate of drug-likeness (QED) is 0.572. The van der Waals surface area contributed by atoms with Crippen molar-refractivity contribution in [3.05, 3.63) is 66.4 Å². The van der Waals surface area contributed by atoms with E-state index in [1.165, 1.54) is 5.69 Å². The highest BCUT2D eigenvalue weighted by Crippen LogP contribution is 2.22. The van der Waals surface area contributed by atoms with Crippen LogP contribution in [0.25, 0.3) is 0 Å². The van der Waals surface area contributed by atoms with Gasteiger partial charge in [0.05, 0.1) is 12.5 Å². The van der Waals surface area contributed by atoms with E-state index in [2.05, 4.69) is 67.8 Å². The van der Waals surface area contributed by atoms with E-state index in [1.807, 2.05) is 30.3 Å². The lowest BCUT2D eigenvalue weighted by Crippen LogP contribution is -2.44. The molecule has 1 unspecified atom stereocenters. The van der Waals surface area contributed by atoms with Crippen LogP contribution in [0.1, 0.15) is 5.56 Å². The summed E-state index contributed by atoms with van der Waals surface area (Å²) < 4.78 is 0. The Morgan fingerprint density at radius 3 is 2.48 bits per heavy atom. The summed E-state index contributed by atoms with van der Waals surface area (Å²) in [6, 6.07) is 20.1. The van der Waals surface area contributed by atoms with Gasteiger partial charge in [0, 0.05) is 49.4 Å². The molecule has 0 saturated carbocycles. The van der Waals surface area contributed by atoms with E-state index in [0.29, 0.717) is 18.2 Å². The number of nitrogens with zero attached hydrogens (tertiary/aromatic N) is 5. The van der Waals surface area contributed by atoms with Crippen molar-refractivity contribution in [3.8, 4) is 6.07 Å². The second-order valence-electron chi connectivity index (χ2n) is 7.39. The van der Waals surface area contributed by atoms with Crippen LogP contribution in [-0.4, -0.2) is 48.1 Å².